The molecule has 28 heteroatoms. The molecule has 8 unspecified atom stereocenters. The lowest BCUT2D eigenvalue weighted by atomic mass is 9.95. The number of aldehydes is 1. The zero-order chi connectivity index (χ0) is 48.4. The molecule has 20 atom stereocenters. The van der Waals surface area contributed by atoms with Crippen LogP contribution in [-0.4, -0.2) is 232 Å². The Bertz CT molecular complexity index is 1780. The van der Waals surface area contributed by atoms with Crippen molar-refractivity contribution in [2.75, 3.05) is 26.4 Å². The van der Waals surface area contributed by atoms with Crippen LogP contribution in [-0.2, 0) is 66.5 Å². The Morgan fingerprint density at radius 3 is 1.56 bits per heavy atom. The monoisotopic (exact) mass is 951 g/mol. The Morgan fingerprint density at radius 2 is 1.06 bits per heavy atom. The van der Waals surface area contributed by atoms with Gasteiger partial charge in [-0.2, -0.15) is 0 Å². The Kier molecular flexibility index (Phi) is 19.1. The van der Waals surface area contributed by atoms with E-state index in [9.17, 15) is 74.7 Å². The summed E-state index contributed by atoms with van der Waals surface area (Å²) in [6, 6.07) is 2.43. The number of amides is 3. The van der Waals surface area contributed by atoms with E-state index in [-0.39, 0.29) is 31.7 Å². The fraction of sp³-hybridized carbons (Fsp3) is 0.684. The molecule has 4 saturated heterocycles. The van der Waals surface area contributed by atoms with Gasteiger partial charge in [0.25, 0.3) is 18.9 Å². The summed E-state index contributed by atoms with van der Waals surface area (Å²) in [7, 11) is 0. The van der Waals surface area contributed by atoms with Gasteiger partial charge >= 0.3 is 0 Å². The lowest BCUT2D eigenvalue weighted by molar-refractivity contribution is -0.398. The van der Waals surface area contributed by atoms with E-state index in [1.807, 2.05) is 0 Å². The van der Waals surface area contributed by atoms with Gasteiger partial charge in [0.15, 0.2) is 37.4 Å². The van der Waals surface area contributed by atoms with Crippen molar-refractivity contribution in [3.05, 3.63) is 35.4 Å². The number of carbonyl (C=O) groups is 6. The highest BCUT2D eigenvalue weighted by molar-refractivity contribution is 5.94. The number of rotatable bonds is 20. The molecule has 0 radical (unpaired) electrons. The van der Waals surface area contributed by atoms with Gasteiger partial charge in [0.05, 0.1) is 19.8 Å². The molecule has 1 aromatic rings. The molecule has 4 aliphatic heterocycles. The molecule has 12 N–H and O–H groups in total. The normalized spacial score (nSPS) is 39.1. The van der Waals surface area contributed by atoms with Crippen LogP contribution in [0.1, 0.15) is 34.6 Å². The second-order valence-electron chi connectivity index (χ2n) is 15.2. The van der Waals surface area contributed by atoms with Crippen molar-refractivity contribution in [1.82, 2.24) is 16.0 Å². The van der Waals surface area contributed by atoms with Crippen LogP contribution in [0.4, 0.5) is 0 Å². The van der Waals surface area contributed by atoms with Crippen LogP contribution in [0.25, 0.3) is 0 Å². The van der Waals surface area contributed by atoms with E-state index in [2.05, 4.69) is 16.0 Å². The highest BCUT2D eigenvalue weighted by atomic mass is 16.8. The number of aliphatic hydroxyl groups is 9. The minimum Gasteiger partial charge on any atom is -0.435 e. The predicted octanol–water partition coefficient (Wildman–Crippen LogP) is -7.92. The topological polar surface area (TPSA) is 413 Å². The fourth-order valence-electron chi connectivity index (χ4n) is 7.43. The highest BCUT2D eigenvalue weighted by Crippen LogP contribution is 2.35. The summed E-state index contributed by atoms with van der Waals surface area (Å²) in [5, 5.41) is 104. The minimum absolute atomic E-state index is 0.0922. The maximum absolute atomic E-state index is 12.5. The molecule has 3 amide bonds. The van der Waals surface area contributed by atoms with Crippen molar-refractivity contribution in [2.45, 2.75) is 137 Å². The SMILES string of the molecule is CC(=O)NC1[C@@H](O[C@@H]2C(OC=O)O[C@@H](O[C@@H]3C(CO)O[C@H](O[C@@H]4C(OC=O)O[C@@H](OCCNC(=O)c5ccc(C=O)cc5)C(O)[C@H]4O)C(NC(C)=O)[C@H]3O)C(O)[C@H]2O)OC(CO)[C@@H](O)[C@@H]1O. The van der Waals surface area contributed by atoms with Crippen molar-refractivity contribution in [1.29, 1.82) is 0 Å². The summed E-state index contributed by atoms with van der Waals surface area (Å²) in [6.07, 6.45) is -33.3. The Hall–Kier alpha value is -4.44. The lowest BCUT2D eigenvalue weighted by Crippen LogP contribution is -2.70. The van der Waals surface area contributed by atoms with Gasteiger partial charge in [-0.05, 0) is 12.1 Å². The number of benzene rings is 1. The molecule has 0 aromatic heterocycles. The maximum atomic E-state index is 12.5. The smallest absolute Gasteiger partial charge is 0.295 e. The zero-order valence-electron chi connectivity index (χ0n) is 35.0. The first kappa shape index (κ1) is 52.5. The first-order valence-corrected chi connectivity index (χ1v) is 20.2. The predicted molar refractivity (Wildman–Crippen MR) is 205 cm³/mol. The van der Waals surface area contributed by atoms with Gasteiger partial charge in [-0.1, -0.05) is 12.1 Å². The minimum atomic E-state index is -2.18. The van der Waals surface area contributed by atoms with Gasteiger partial charge in [0.2, 0.25) is 24.4 Å². The summed E-state index contributed by atoms with van der Waals surface area (Å²) in [6.45, 7) is -0.482. The number of aliphatic hydroxyl groups excluding tert-OH is 9. The molecule has 28 nitrogen and oxygen atoms in total. The van der Waals surface area contributed by atoms with Crippen LogP contribution in [0.3, 0.4) is 0 Å². The van der Waals surface area contributed by atoms with Crippen LogP contribution in [0.5, 0.6) is 0 Å². The van der Waals surface area contributed by atoms with Crippen LogP contribution in [0.2, 0.25) is 0 Å². The summed E-state index contributed by atoms with van der Waals surface area (Å²) in [4.78, 5) is 70.8. The van der Waals surface area contributed by atoms with Gasteiger partial charge < -0.3 is 109 Å². The zero-order valence-corrected chi connectivity index (χ0v) is 35.0. The van der Waals surface area contributed by atoms with E-state index in [0.29, 0.717) is 11.8 Å². The van der Waals surface area contributed by atoms with E-state index in [1.54, 1.807) is 0 Å². The van der Waals surface area contributed by atoms with Crippen molar-refractivity contribution >= 4 is 37.0 Å². The molecule has 370 valence electrons. The van der Waals surface area contributed by atoms with Gasteiger partial charge in [0, 0.05) is 31.5 Å². The largest absolute Gasteiger partial charge is 0.435 e. The number of hydrogen-bond acceptors (Lipinski definition) is 25. The highest BCUT2D eigenvalue weighted by Gasteiger charge is 2.56. The molecule has 4 aliphatic rings. The van der Waals surface area contributed by atoms with Crippen LogP contribution in [0.15, 0.2) is 24.3 Å². The molecular formula is C38H53N3O25. The molecule has 0 bridgehead atoms. The van der Waals surface area contributed by atoms with Crippen molar-refractivity contribution in [3.8, 4) is 0 Å². The first-order chi connectivity index (χ1) is 31.5. The quantitative estimate of drug-likeness (QED) is 0.0427. The molecule has 0 spiro atoms. The Morgan fingerprint density at radius 1 is 0.576 bits per heavy atom. The van der Waals surface area contributed by atoms with E-state index < -0.39 is 154 Å². The molecule has 66 heavy (non-hydrogen) atoms. The van der Waals surface area contributed by atoms with Gasteiger partial charge in [-0.25, -0.2) is 0 Å². The standard InChI is InChI=1S/C38H53N3O25/c1-14(47)40-20-23(50)22(49)18(10-43)60-33(20)63-31-26(53)28(55)36(66-38(31)59-13-46)62-29-19(11-44)61-34(21(24(29)51)41-15(2)48)64-30-25(52)27(54)35(65-37(30)58-12-45)57-8-7-39-32(56)17-5-3-16(9-42)4-6-17/h3-6,9,12-13,18-31,33-38,43-44,49-55H,7-8,10-11H2,1-2H3,(H,39,56)(H,40,47)(H,41,48)/t18?,19?,20?,21?,22-,23-,24-,25-,26-,27?,28?,29-,30+,31+,33-,34-,35-,36-,37?,38?/m1/s1. The van der Waals surface area contributed by atoms with Gasteiger partial charge in [-0.15, -0.1) is 0 Å². The molecule has 4 heterocycles. The molecular weight excluding hydrogens is 898 g/mol. The van der Waals surface area contributed by atoms with E-state index >= 15 is 0 Å². The Balaban J connectivity index is 1.27. The molecule has 0 aliphatic carbocycles. The number of ether oxygens (including phenoxy) is 10. The van der Waals surface area contributed by atoms with Crippen LogP contribution >= 0.6 is 0 Å². The molecule has 1 aromatic carbocycles. The van der Waals surface area contributed by atoms with Gasteiger partial charge in [0.1, 0.15) is 79.4 Å². The summed E-state index contributed by atoms with van der Waals surface area (Å²) in [5.41, 5.74) is 0.577. The summed E-state index contributed by atoms with van der Waals surface area (Å²) in [5.74, 6) is -2.08. The van der Waals surface area contributed by atoms with Crippen molar-refractivity contribution in [2.24, 2.45) is 0 Å². The average Bonchev–Trinajstić information content (AvgIpc) is 3.29. The molecule has 4 fully saturated rings. The first-order valence-electron chi connectivity index (χ1n) is 20.2. The fourth-order valence-corrected chi connectivity index (χ4v) is 7.43. The second-order valence-corrected chi connectivity index (χ2v) is 15.2. The third-order valence-electron chi connectivity index (χ3n) is 10.7. The number of hydrogen-bond donors (Lipinski definition) is 12. The van der Waals surface area contributed by atoms with E-state index in [4.69, 9.17) is 47.4 Å². The third-order valence-corrected chi connectivity index (χ3v) is 10.7. The summed E-state index contributed by atoms with van der Waals surface area (Å²) >= 11 is 0. The maximum Gasteiger partial charge on any atom is 0.295 e. The molecule has 0 saturated carbocycles. The van der Waals surface area contributed by atoms with Gasteiger partial charge in [-0.3, -0.25) is 28.8 Å². The van der Waals surface area contributed by atoms with Crippen molar-refractivity contribution in [3.63, 3.8) is 0 Å². The number of carbonyl (C=O) groups excluding carboxylic acids is 6. The second kappa shape index (κ2) is 24.0. The Labute approximate surface area is 373 Å². The third kappa shape index (κ3) is 12.4. The summed E-state index contributed by atoms with van der Waals surface area (Å²) < 4.78 is 55.1. The van der Waals surface area contributed by atoms with Crippen molar-refractivity contribution < 1.29 is 122 Å². The van der Waals surface area contributed by atoms with E-state index in [1.165, 1.54) is 24.3 Å². The lowest BCUT2D eigenvalue weighted by Gasteiger charge is -2.49. The van der Waals surface area contributed by atoms with E-state index in [0.717, 1.165) is 13.8 Å². The molecule has 5 rings (SSSR count). The van der Waals surface area contributed by atoms with Crippen LogP contribution < -0.4 is 16.0 Å². The number of nitrogens with one attached hydrogen (secondary N) is 3. The average molecular weight is 952 g/mol. The van der Waals surface area contributed by atoms with Crippen LogP contribution in [0, 0.1) is 0 Å².